The van der Waals surface area contributed by atoms with Crippen molar-refractivity contribution < 1.29 is 18.0 Å². The van der Waals surface area contributed by atoms with E-state index >= 15 is 0 Å². The van der Waals surface area contributed by atoms with Gasteiger partial charge in [-0.2, -0.15) is 0 Å². The molecule has 1 aromatic carbocycles. The number of rotatable bonds is 6. The highest BCUT2D eigenvalue weighted by Crippen LogP contribution is 2.22. The fraction of sp³-hybridized carbons (Fsp3) is 0.450. The minimum atomic E-state index is -3.44. The number of carbonyl (C=O) groups excluding carboxylic acids is 2. The summed E-state index contributed by atoms with van der Waals surface area (Å²) >= 11 is 5.80. The van der Waals surface area contributed by atoms with Crippen molar-refractivity contribution in [3.63, 3.8) is 0 Å². The summed E-state index contributed by atoms with van der Waals surface area (Å²) in [6, 6.07) is 5.92. The molecule has 4 rings (SSSR count). The summed E-state index contributed by atoms with van der Waals surface area (Å²) in [5.41, 5.74) is 0.864. The van der Waals surface area contributed by atoms with E-state index in [1.165, 1.54) is 12.1 Å². The van der Waals surface area contributed by atoms with Crippen molar-refractivity contribution in [3.05, 3.63) is 47.0 Å². The molecular formula is C20H24ClN5O4S. The molecule has 0 saturated carbocycles. The van der Waals surface area contributed by atoms with E-state index < -0.39 is 9.84 Å². The van der Waals surface area contributed by atoms with Gasteiger partial charge < -0.3 is 4.90 Å². The molecule has 2 aliphatic heterocycles. The molecule has 9 nitrogen and oxygen atoms in total. The van der Waals surface area contributed by atoms with Crippen LogP contribution in [0.1, 0.15) is 24.4 Å². The van der Waals surface area contributed by atoms with Crippen LogP contribution in [0.2, 0.25) is 5.02 Å². The molecule has 2 amide bonds. The Labute approximate surface area is 186 Å². The third-order valence-electron chi connectivity index (χ3n) is 5.66. The monoisotopic (exact) mass is 465 g/mol. The zero-order chi connectivity index (χ0) is 22.2. The average Bonchev–Trinajstić information content (AvgIpc) is 3.28. The summed E-state index contributed by atoms with van der Waals surface area (Å²) < 4.78 is 26.4. The number of aryl methyl sites for hydroxylation is 1. The molecule has 2 aliphatic rings. The Kier molecular flexibility index (Phi) is 6.05. The van der Waals surface area contributed by atoms with Crippen LogP contribution in [0.3, 0.4) is 0 Å². The van der Waals surface area contributed by atoms with E-state index in [9.17, 15) is 18.0 Å². The van der Waals surface area contributed by atoms with Gasteiger partial charge in [0.2, 0.25) is 5.91 Å². The zero-order valence-electron chi connectivity index (χ0n) is 17.2. The standard InChI is InChI=1S/C20H24ClN5O4S/c1-15-22-13-17-14-25(20(28)26(15)17)24-10-8-23(9-11-24)19(27)3-2-12-31(29,30)18-6-4-16(21)5-7-18/h4-7,13H,2-3,8-12,14H2,1H3. The van der Waals surface area contributed by atoms with Crippen molar-refractivity contribution in [1.29, 1.82) is 0 Å². The lowest BCUT2D eigenvalue weighted by molar-refractivity contribution is -0.135. The van der Waals surface area contributed by atoms with E-state index in [2.05, 4.69) is 4.98 Å². The van der Waals surface area contributed by atoms with Crippen LogP contribution in [0.5, 0.6) is 0 Å². The van der Waals surface area contributed by atoms with Gasteiger partial charge in [-0.1, -0.05) is 11.6 Å². The molecule has 166 valence electrons. The predicted molar refractivity (Wildman–Crippen MR) is 114 cm³/mol. The molecule has 3 heterocycles. The highest BCUT2D eigenvalue weighted by molar-refractivity contribution is 7.91. The summed E-state index contributed by atoms with van der Waals surface area (Å²) in [7, 11) is -3.44. The summed E-state index contributed by atoms with van der Waals surface area (Å²) in [6.07, 6.45) is 2.15. The van der Waals surface area contributed by atoms with Crippen molar-refractivity contribution >= 4 is 33.4 Å². The fourth-order valence-electron chi connectivity index (χ4n) is 3.94. The lowest BCUT2D eigenvalue weighted by atomic mass is 10.2. The lowest BCUT2D eigenvalue weighted by Gasteiger charge is -2.38. The summed E-state index contributed by atoms with van der Waals surface area (Å²) in [5.74, 6) is 0.518. The SMILES string of the molecule is Cc1ncc2n1C(=O)N(N1CCN(C(=O)CCCS(=O)(=O)c3ccc(Cl)cc3)CC1)C2. The lowest BCUT2D eigenvalue weighted by Crippen LogP contribution is -2.55. The van der Waals surface area contributed by atoms with Crippen molar-refractivity contribution in [1.82, 2.24) is 24.5 Å². The molecule has 0 atom stereocenters. The second-order valence-electron chi connectivity index (χ2n) is 7.68. The van der Waals surface area contributed by atoms with Crippen LogP contribution >= 0.6 is 11.6 Å². The molecule has 11 heteroatoms. The summed E-state index contributed by atoms with van der Waals surface area (Å²) in [5, 5.41) is 4.14. The number of hydrazine groups is 1. The summed E-state index contributed by atoms with van der Waals surface area (Å²) in [6.45, 7) is 4.39. The Morgan fingerprint density at radius 3 is 2.45 bits per heavy atom. The van der Waals surface area contributed by atoms with Crippen LogP contribution in [-0.2, 0) is 21.2 Å². The normalized spacial score (nSPS) is 17.3. The highest BCUT2D eigenvalue weighted by atomic mass is 35.5. The number of carbonyl (C=O) groups is 2. The molecule has 2 aromatic rings. The smallest absolute Gasteiger partial charge is 0.340 e. The quantitative estimate of drug-likeness (QED) is 0.647. The average molecular weight is 466 g/mol. The molecule has 1 saturated heterocycles. The number of piperazine rings is 1. The molecular weight excluding hydrogens is 442 g/mol. The number of imidazole rings is 1. The molecule has 0 radical (unpaired) electrons. The number of benzene rings is 1. The van der Waals surface area contributed by atoms with Gasteiger partial charge in [0, 0.05) is 37.6 Å². The second-order valence-corrected chi connectivity index (χ2v) is 10.2. The number of amides is 2. The van der Waals surface area contributed by atoms with Crippen LogP contribution in [0.4, 0.5) is 4.79 Å². The first kappa shape index (κ1) is 21.8. The maximum absolute atomic E-state index is 12.6. The van der Waals surface area contributed by atoms with E-state index in [1.54, 1.807) is 39.7 Å². The van der Waals surface area contributed by atoms with Crippen molar-refractivity contribution in [2.45, 2.75) is 31.2 Å². The minimum absolute atomic E-state index is 0.0648. The van der Waals surface area contributed by atoms with Gasteiger partial charge in [-0.05, 0) is 37.6 Å². The number of nitrogens with zero attached hydrogens (tertiary/aromatic N) is 5. The van der Waals surface area contributed by atoms with Crippen LogP contribution in [-0.4, -0.2) is 76.8 Å². The Balaban J connectivity index is 1.24. The third kappa shape index (κ3) is 4.46. The number of fused-ring (bicyclic) bond motifs is 1. The molecule has 31 heavy (non-hydrogen) atoms. The van der Waals surface area contributed by atoms with Crippen molar-refractivity contribution in [3.8, 4) is 0 Å². The van der Waals surface area contributed by atoms with E-state index in [0.717, 1.165) is 5.69 Å². The number of hydrogen-bond acceptors (Lipinski definition) is 6. The second kappa shape index (κ2) is 8.60. The van der Waals surface area contributed by atoms with E-state index in [4.69, 9.17) is 11.6 Å². The van der Waals surface area contributed by atoms with Crippen molar-refractivity contribution in [2.24, 2.45) is 0 Å². The molecule has 0 aliphatic carbocycles. The number of sulfone groups is 1. The van der Waals surface area contributed by atoms with Gasteiger partial charge in [-0.25, -0.2) is 27.8 Å². The minimum Gasteiger partial charge on any atom is -0.340 e. The van der Waals surface area contributed by atoms with Crippen LogP contribution < -0.4 is 0 Å². The molecule has 1 aromatic heterocycles. The first-order valence-corrected chi connectivity index (χ1v) is 12.2. The zero-order valence-corrected chi connectivity index (χ0v) is 18.8. The van der Waals surface area contributed by atoms with Crippen LogP contribution in [0, 0.1) is 6.92 Å². The van der Waals surface area contributed by atoms with Gasteiger partial charge >= 0.3 is 6.03 Å². The Morgan fingerprint density at radius 1 is 1.13 bits per heavy atom. The molecule has 0 spiro atoms. The van der Waals surface area contributed by atoms with E-state index in [0.29, 0.717) is 43.6 Å². The van der Waals surface area contributed by atoms with Gasteiger partial charge in [0.15, 0.2) is 9.84 Å². The van der Waals surface area contributed by atoms with E-state index in [-0.39, 0.29) is 35.4 Å². The van der Waals surface area contributed by atoms with Gasteiger partial charge in [-0.15, -0.1) is 0 Å². The van der Waals surface area contributed by atoms with E-state index in [1.807, 2.05) is 5.01 Å². The Bertz CT molecular complexity index is 1090. The van der Waals surface area contributed by atoms with Gasteiger partial charge in [-0.3, -0.25) is 9.80 Å². The number of hydrogen-bond donors (Lipinski definition) is 0. The first-order chi connectivity index (χ1) is 14.8. The third-order valence-corrected chi connectivity index (χ3v) is 7.73. The maximum Gasteiger partial charge on any atom is 0.344 e. The molecule has 1 fully saturated rings. The number of aromatic nitrogens is 2. The fourth-order valence-corrected chi connectivity index (χ4v) is 5.38. The molecule has 0 bridgehead atoms. The van der Waals surface area contributed by atoms with Crippen LogP contribution in [0.25, 0.3) is 0 Å². The summed E-state index contributed by atoms with van der Waals surface area (Å²) in [4.78, 5) is 31.3. The Morgan fingerprint density at radius 2 is 1.81 bits per heavy atom. The molecule has 0 N–H and O–H groups in total. The Hall–Kier alpha value is -2.43. The topological polar surface area (TPSA) is 95.8 Å². The van der Waals surface area contributed by atoms with Gasteiger partial charge in [0.25, 0.3) is 0 Å². The predicted octanol–water partition coefficient (Wildman–Crippen LogP) is 1.94. The highest BCUT2D eigenvalue weighted by Gasteiger charge is 2.35. The maximum atomic E-state index is 12.6. The van der Waals surface area contributed by atoms with Gasteiger partial charge in [0.05, 0.1) is 29.1 Å². The van der Waals surface area contributed by atoms with Crippen molar-refractivity contribution in [2.75, 3.05) is 31.9 Å². The largest absolute Gasteiger partial charge is 0.344 e. The first-order valence-electron chi connectivity index (χ1n) is 10.1. The molecule has 0 unspecified atom stereocenters. The number of halogens is 1. The van der Waals surface area contributed by atoms with Crippen LogP contribution in [0.15, 0.2) is 35.4 Å². The van der Waals surface area contributed by atoms with Gasteiger partial charge in [0.1, 0.15) is 5.82 Å².